The van der Waals surface area contributed by atoms with Gasteiger partial charge in [-0.05, 0) is 69.6 Å². The molecule has 4 bridgehead atoms. The maximum absolute atomic E-state index is 13.5. The van der Waals surface area contributed by atoms with Crippen molar-refractivity contribution >= 4 is 17.8 Å². The quantitative estimate of drug-likeness (QED) is 0.802. The summed E-state index contributed by atoms with van der Waals surface area (Å²) in [5, 5.41) is 2.94. The van der Waals surface area contributed by atoms with Gasteiger partial charge in [0.15, 0.2) is 0 Å². The van der Waals surface area contributed by atoms with Gasteiger partial charge in [0.1, 0.15) is 11.4 Å². The number of likely N-dealkylation sites (tertiary alicyclic amines) is 1. The number of nitrogens with zero attached hydrogens (tertiary/aromatic N) is 1. The van der Waals surface area contributed by atoms with E-state index in [1.807, 2.05) is 25.7 Å². The molecule has 6 nitrogen and oxygen atoms in total. The third-order valence-corrected chi connectivity index (χ3v) is 8.74. The smallest absolute Gasteiger partial charge is 0.407 e. The molecule has 7 fully saturated rings. The number of piperidine rings is 1. The van der Waals surface area contributed by atoms with E-state index in [1.54, 1.807) is 0 Å². The Morgan fingerprint density at radius 1 is 1.15 bits per heavy atom. The number of alkyl carbamates (subject to hydrolysis) is 1. The average Bonchev–Trinajstić information content (AvgIpc) is 3.08. The van der Waals surface area contributed by atoms with Gasteiger partial charge < -0.3 is 15.0 Å². The summed E-state index contributed by atoms with van der Waals surface area (Å²) in [6.45, 7) is 6.90. The summed E-state index contributed by atoms with van der Waals surface area (Å²) in [5.41, 5.74) is -0.799. The van der Waals surface area contributed by atoms with Gasteiger partial charge in [0.2, 0.25) is 5.91 Å². The first-order chi connectivity index (χ1) is 12.7. The Labute approximate surface area is 159 Å². The van der Waals surface area contributed by atoms with Crippen molar-refractivity contribution in [2.45, 2.75) is 51.7 Å². The Bertz CT molecular complexity index is 765. The van der Waals surface area contributed by atoms with Crippen LogP contribution in [0.5, 0.6) is 0 Å². The minimum atomic E-state index is -0.503. The molecule has 7 aliphatic rings. The number of rotatable bonds is 2. The standard InChI is InChI=1S/C21H28N2O4/c1-20(2,3)27-19(26)22-9-4-6-23(7-5-9)18(25)21-14-11-8-10-12(14)16(21)17(24)13(10)15(11)21/h9-16H,4-8H2,1-3H3,(H,22,26)/t10-,11+,12+,13-,14+,15-,16+,21-/m0/s1. The van der Waals surface area contributed by atoms with Crippen molar-refractivity contribution in [3.63, 3.8) is 0 Å². The number of nitrogens with one attached hydrogen (secondary N) is 1. The Morgan fingerprint density at radius 3 is 2.48 bits per heavy atom. The second-order valence-corrected chi connectivity index (χ2v) is 10.7. The third-order valence-electron chi connectivity index (χ3n) is 8.74. The second-order valence-electron chi connectivity index (χ2n) is 10.7. The molecule has 1 aliphatic heterocycles. The van der Waals surface area contributed by atoms with Crippen LogP contribution in [-0.4, -0.2) is 47.4 Å². The predicted octanol–water partition coefficient (Wildman–Crippen LogP) is 1.83. The highest BCUT2D eigenvalue weighted by Crippen LogP contribution is 2.93. The lowest BCUT2D eigenvalue weighted by atomic mass is 9.31. The lowest BCUT2D eigenvalue weighted by Crippen LogP contribution is -2.76. The number of hydrogen-bond acceptors (Lipinski definition) is 4. The van der Waals surface area contributed by atoms with Crippen molar-refractivity contribution in [1.29, 1.82) is 0 Å². The molecular weight excluding hydrogens is 344 g/mol. The SMILES string of the molecule is CC(C)(C)OC(=O)NC1CCN(C(=O)[C@]23[C@@H]4[C@H]5C[C@@H]6[C@H](C(=O)[C@H]2[C@H]64)[C@H]53)CC1. The molecule has 1 N–H and O–H groups in total. The fourth-order valence-corrected chi connectivity index (χ4v) is 8.37. The zero-order valence-corrected chi connectivity index (χ0v) is 16.2. The van der Waals surface area contributed by atoms with E-state index in [0.717, 1.165) is 12.8 Å². The van der Waals surface area contributed by atoms with E-state index in [0.29, 0.717) is 48.5 Å². The molecule has 6 heteroatoms. The first kappa shape index (κ1) is 16.4. The summed E-state index contributed by atoms with van der Waals surface area (Å²) < 4.78 is 5.33. The molecule has 0 aromatic heterocycles. The van der Waals surface area contributed by atoms with Gasteiger partial charge in [-0.3, -0.25) is 9.59 Å². The Balaban J connectivity index is 1.11. The molecule has 8 atom stereocenters. The highest BCUT2D eigenvalue weighted by Gasteiger charge is 2.96. The van der Waals surface area contributed by atoms with Crippen LogP contribution >= 0.6 is 0 Å². The molecule has 146 valence electrons. The van der Waals surface area contributed by atoms with Crippen LogP contribution in [0.2, 0.25) is 0 Å². The molecule has 7 rings (SSSR count). The molecule has 0 spiro atoms. The number of ketones is 1. The molecule has 27 heavy (non-hydrogen) atoms. The van der Waals surface area contributed by atoms with Crippen molar-refractivity contribution in [2.75, 3.05) is 13.1 Å². The molecule has 1 heterocycles. The van der Waals surface area contributed by atoms with Gasteiger partial charge in [-0.15, -0.1) is 0 Å². The van der Waals surface area contributed by atoms with E-state index in [1.165, 1.54) is 6.42 Å². The number of carbonyl (C=O) groups excluding carboxylic acids is 3. The minimum Gasteiger partial charge on any atom is -0.444 e. The van der Waals surface area contributed by atoms with Crippen LogP contribution < -0.4 is 5.32 Å². The molecule has 6 saturated carbocycles. The number of hydrogen-bond donors (Lipinski definition) is 1. The normalized spacial score (nSPS) is 48.5. The Hall–Kier alpha value is -1.59. The Morgan fingerprint density at radius 2 is 1.85 bits per heavy atom. The molecule has 0 aromatic carbocycles. The number of amides is 2. The first-order valence-corrected chi connectivity index (χ1v) is 10.6. The zero-order chi connectivity index (χ0) is 18.9. The van der Waals surface area contributed by atoms with Crippen LogP contribution in [0.4, 0.5) is 4.79 Å². The van der Waals surface area contributed by atoms with Gasteiger partial charge in [-0.25, -0.2) is 4.79 Å². The minimum absolute atomic E-state index is 0.0551. The molecule has 0 unspecified atom stereocenters. The molecule has 2 amide bonds. The first-order valence-electron chi connectivity index (χ1n) is 10.6. The number of ether oxygens (including phenoxy) is 1. The lowest BCUT2D eigenvalue weighted by molar-refractivity contribution is -0.256. The van der Waals surface area contributed by atoms with Crippen molar-refractivity contribution in [3.05, 3.63) is 0 Å². The van der Waals surface area contributed by atoms with Crippen LogP contribution in [0.25, 0.3) is 0 Å². The van der Waals surface area contributed by atoms with Gasteiger partial charge in [0.05, 0.1) is 5.41 Å². The highest BCUT2D eigenvalue weighted by atomic mass is 16.6. The van der Waals surface area contributed by atoms with E-state index in [9.17, 15) is 14.4 Å². The van der Waals surface area contributed by atoms with E-state index >= 15 is 0 Å². The zero-order valence-electron chi connectivity index (χ0n) is 16.2. The van der Waals surface area contributed by atoms with Gasteiger partial charge >= 0.3 is 6.09 Å². The molecule has 0 radical (unpaired) electrons. The van der Waals surface area contributed by atoms with E-state index < -0.39 is 5.60 Å². The second kappa shape index (κ2) is 4.69. The molecule has 6 aliphatic carbocycles. The molecular formula is C21H28N2O4. The van der Waals surface area contributed by atoms with Gasteiger partial charge in [0, 0.05) is 31.0 Å². The topological polar surface area (TPSA) is 75.7 Å². The van der Waals surface area contributed by atoms with Crippen LogP contribution in [0.3, 0.4) is 0 Å². The van der Waals surface area contributed by atoms with Gasteiger partial charge in [-0.1, -0.05) is 0 Å². The number of Topliss-reactive ketones (excluding diaryl/α,β-unsaturated/α-hetero) is 1. The van der Waals surface area contributed by atoms with Gasteiger partial charge in [0.25, 0.3) is 0 Å². The van der Waals surface area contributed by atoms with E-state index in [2.05, 4.69) is 5.32 Å². The molecule has 1 saturated heterocycles. The summed E-state index contributed by atoms with van der Waals surface area (Å²) in [6.07, 6.45) is 2.35. The van der Waals surface area contributed by atoms with Crippen molar-refractivity contribution in [2.24, 2.45) is 46.8 Å². The molecule has 0 aromatic rings. The lowest BCUT2D eigenvalue weighted by Gasteiger charge is -2.71. The van der Waals surface area contributed by atoms with Crippen LogP contribution in [0, 0.1) is 46.8 Å². The van der Waals surface area contributed by atoms with Crippen molar-refractivity contribution in [3.8, 4) is 0 Å². The monoisotopic (exact) mass is 372 g/mol. The summed E-state index contributed by atoms with van der Waals surface area (Å²) in [7, 11) is 0. The van der Waals surface area contributed by atoms with E-state index in [-0.39, 0.29) is 35.3 Å². The summed E-state index contributed by atoms with van der Waals surface area (Å²) >= 11 is 0. The third kappa shape index (κ3) is 1.68. The fourth-order valence-electron chi connectivity index (χ4n) is 8.37. The van der Waals surface area contributed by atoms with E-state index in [4.69, 9.17) is 4.74 Å². The number of carbonyl (C=O) groups is 3. The van der Waals surface area contributed by atoms with Gasteiger partial charge in [-0.2, -0.15) is 0 Å². The van der Waals surface area contributed by atoms with Crippen LogP contribution in [-0.2, 0) is 14.3 Å². The predicted molar refractivity (Wildman–Crippen MR) is 95.5 cm³/mol. The van der Waals surface area contributed by atoms with Crippen molar-refractivity contribution < 1.29 is 19.1 Å². The fraction of sp³-hybridized carbons (Fsp3) is 0.857. The largest absolute Gasteiger partial charge is 0.444 e. The van der Waals surface area contributed by atoms with Crippen LogP contribution in [0.1, 0.15) is 40.0 Å². The summed E-state index contributed by atoms with van der Waals surface area (Å²) in [6, 6.07) is 0.0551. The average molecular weight is 372 g/mol. The summed E-state index contributed by atoms with van der Waals surface area (Å²) in [5.74, 6) is 3.72. The van der Waals surface area contributed by atoms with Crippen molar-refractivity contribution in [1.82, 2.24) is 10.2 Å². The summed E-state index contributed by atoms with van der Waals surface area (Å²) in [4.78, 5) is 40.2. The van der Waals surface area contributed by atoms with Crippen LogP contribution in [0.15, 0.2) is 0 Å². The Kier molecular flexibility index (Phi) is 2.84. The highest BCUT2D eigenvalue weighted by molar-refractivity contribution is 6.04. The maximum atomic E-state index is 13.5. The maximum Gasteiger partial charge on any atom is 0.407 e.